The minimum Gasteiger partial charge on any atom is -0.481 e. The van der Waals surface area contributed by atoms with Gasteiger partial charge in [0.15, 0.2) is 0 Å². The van der Waals surface area contributed by atoms with Crippen LogP contribution in [0.15, 0.2) is 24.3 Å². The van der Waals surface area contributed by atoms with Gasteiger partial charge in [-0.2, -0.15) is 0 Å². The third-order valence-corrected chi connectivity index (χ3v) is 3.34. The van der Waals surface area contributed by atoms with Crippen molar-refractivity contribution in [2.75, 3.05) is 0 Å². The lowest BCUT2D eigenvalue weighted by molar-refractivity contribution is -0.136. The highest BCUT2D eigenvalue weighted by Crippen LogP contribution is 2.08. The summed E-state index contributed by atoms with van der Waals surface area (Å²) >= 11 is 0. The molecule has 0 radical (unpaired) electrons. The fraction of sp³-hybridized carbons (Fsp3) is 0.722. The first-order valence-electron chi connectivity index (χ1n) is 8.29. The van der Waals surface area contributed by atoms with Gasteiger partial charge in [-0.15, -0.1) is 0 Å². The predicted molar refractivity (Wildman–Crippen MR) is 87.0 cm³/mol. The lowest BCUT2D eigenvalue weighted by atomic mass is 10.1. The molecule has 0 unspecified atom stereocenters. The molecule has 0 fully saturated rings. The van der Waals surface area contributed by atoms with Crippen LogP contribution in [0.5, 0.6) is 0 Å². The predicted octanol–water partition coefficient (Wildman–Crippen LogP) is 5.88. The first kappa shape index (κ1) is 18.9. The average Bonchev–Trinajstić information content (AvgIpc) is 2.43. The van der Waals surface area contributed by atoms with Gasteiger partial charge in [0, 0.05) is 0 Å². The zero-order valence-corrected chi connectivity index (χ0v) is 13.2. The molecule has 0 aliphatic carbocycles. The monoisotopic (exact) mass is 280 g/mol. The number of aliphatic carboxylic acids is 1. The summed E-state index contributed by atoms with van der Waals surface area (Å²) in [6.07, 6.45) is 22.4. The number of allylic oxidation sites excluding steroid dienone is 3. The molecule has 0 spiro atoms. The van der Waals surface area contributed by atoms with E-state index in [1.54, 1.807) is 6.08 Å². The Kier molecular flexibility index (Phi) is 15.2. The van der Waals surface area contributed by atoms with Crippen LogP contribution < -0.4 is 0 Å². The fourth-order valence-corrected chi connectivity index (χ4v) is 2.10. The zero-order valence-electron chi connectivity index (χ0n) is 13.2. The van der Waals surface area contributed by atoms with Crippen LogP contribution in [0, 0.1) is 0 Å². The first-order chi connectivity index (χ1) is 9.77. The number of rotatable bonds is 14. The topological polar surface area (TPSA) is 37.3 Å². The maximum absolute atomic E-state index is 10.3. The molecular formula is C18H32O2. The Labute approximate surface area is 125 Å². The summed E-state index contributed by atoms with van der Waals surface area (Å²) in [5.41, 5.74) is 0. The Bertz CT molecular complexity index is 267. The van der Waals surface area contributed by atoms with Crippen molar-refractivity contribution in [3.8, 4) is 0 Å². The second kappa shape index (κ2) is 16.0. The number of carboxylic acids is 1. The minimum atomic E-state index is -0.751. The second-order valence-electron chi connectivity index (χ2n) is 5.38. The zero-order chi connectivity index (χ0) is 14.9. The highest BCUT2D eigenvalue weighted by molar-refractivity contribution is 5.68. The molecule has 1 N–H and O–H groups in total. The number of carbonyl (C=O) groups is 1. The molecule has 0 saturated heterocycles. The molecule has 0 aromatic heterocycles. The van der Waals surface area contributed by atoms with E-state index >= 15 is 0 Å². The molecule has 116 valence electrons. The van der Waals surface area contributed by atoms with Crippen LogP contribution in [-0.2, 0) is 4.79 Å². The molecule has 0 atom stereocenters. The van der Waals surface area contributed by atoms with Crippen molar-refractivity contribution in [2.45, 2.75) is 84.0 Å². The maximum Gasteiger partial charge on any atom is 0.307 e. The number of hydrogen-bond acceptors (Lipinski definition) is 1. The number of hydrogen-bond donors (Lipinski definition) is 1. The third kappa shape index (κ3) is 16.9. The van der Waals surface area contributed by atoms with Gasteiger partial charge < -0.3 is 5.11 Å². The molecule has 0 aliphatic heterocycles. The van der Waals surface area contributed by atoms with Crippen LogP contribution in [0.25, 0.3) is 0 Å². The Balaban J connectivity index is 3.16. The van der Waals surface area contributed by atoms with Gasteiger partial charge in [0.1, 0.15) is 0 Å². The van der Waals surface area contributed by atoms with Gasteiger partial charge in [0.05, 0.1) is 6.42 Å². The average molecular weight is 280 g/mol. The van der Waals surface area contributed by atoms with Crippen molar-refractivity contribution in [1.29, 1.82) is 0 Å². The van der Waals surface area contributed by atoms with Gasteiger partial charge in [0.25, 0.3) is 0 Å². The lowest BCUT2D eigenvalue weighted by Crippen LogP contribution is -1.89. The van der Waals surface area contributed by atoms with E-state index in [-0.39, 0.29) is 6.42 Å². The van der Waals surface area contributed by atoms with Gasteiger partial charge in [0.2, 0.25) is 0 Å². The van der Waals surface area contributed by atoms with Crippen LogP contribution in [0.2, 0.25) is 0 Å². The molecule has 0 aliphatic rings. The largest absolute Gasteiger partial charge is 0.481 e. The summed E-state index contributed by atoms with van der Waals surface area (Å²) < 4.78 is 0. The Morgan fingerprint density at radius 1 is 0.750 bits per heavy atom. The summed E-state index contributed by atoms with van der Waals surface area (Å²) in [6, 6.07) is 0. The third-order valence-electron chi connectivity index (χ3n) is 3.34. The van der Waals surface area contributed by atoms with Crippen molar-refractivity contribution < 1.29 is 9.90 Å². The summed E-state index contributed by atoms with van der Waals surface area (Å²) in [5, 5.41) is 8.46. The summed E-state index contributed by atoms with van der Waals surface area (Å²) in [4.78, 5) is 10.3. The van der Waals surface area contributed by atoms with Gasteiger partial charge in [-0.3, -0.25) is 4.79 Å². The van der Waals surface area contributed by atoms with Crippen LogP contribution in [0.3, 0.4) is 0 Å². The molecule has 0 aromatic carbocycles. The summed E-state index contributed by atoms with van der Waals surface area (Å²) in [6.45, 7) is 2.25. The molecule has 0 bridgehead atoms. The molecule has 0 rings (SSSR count). The van der Waals surface area contributed by atoms with Crippen LogP contribution in [-0.4, -0.2) is 11.1 Å². The van der Waals surface area contributed by atoms with Crippen molar-refractivity contribution in [2.24, 2.45) is 0 Å². The van der Waals surface area contributed by atoms with E-state index in [2.05, 4.69) is 19.1 Å². The Morgan fingerprint density at radius 2 is 1.20 bits per heavy atom. The van der Waals surface area contributed by atoms with Crippen molar-refractivity contribution in [3.63, 3.8) is 0 Å². The lowest BCUT2D eigenvalue weighted by Gasteiger charge is -1.97. The number of unbranched alkanes of at least 4 members (excludes halogenated alkanes) is 9. The van der Waals surface area contributed by atoms with E-state index in [0.717, 1.165) is 19.3 Å². The van der Waals surface area contributed by atoms with E-state index in [0.29, 0.717) is 0 Å². The molecule has 2 nitrogen and oxygen atoms in total. The minimum absolute atomic E-state index is 0.151. The molecule has 0 aromatic rings. The summed E-state index contributed by atoms with van der Waals surface area (Å²) in [7, 11) is 0. The van der Waals surface area contributed by atoms with Gasteiger partial charge in [-0.1, -0.05) is 63.3 Å². The first-order valence-corrected chi connectivity index (χ1v) is 8.29. The van der Waals surface area contributed by atoms with E-state index < -0.39 is 5.97 Å². The van der Waals surface area contributed by atoms with Crippen LogP contribution in [0.1, 0.15) is 84.0 Å². The highest BCUT2D eigenvalue weighted by atomic mass is 16.4. The van der Waals surface area contributed by atoms with Crippen LogP contribution in [0.4, 0.5) is 0 Å². The van der Waals surface area contributed by atoms with E-state index in [1.807, 2.05) is 6.08 Å². The van der Waals surface area contributed by atoms with E-state index in [4.69, 9.17) is 5.11 Å². The van der Waals surface area contributed by atoms with Crippen molar-refractivity contribution in [3.05, 3.63) is 24.3 Å². The molecule has 0 heterocycles. The SMILES string of the molecule is CCCCCCCC/C=C\CCCC/C=C/CC(=O)O. The van der Waals surface area contributed by atoms with E-state index in [9.17, 15) is 4.79 Å². The molecule has 2 heteroatoms. The van der Waals surface area contributed by atoms with Crippen molar-refractivity contribution >= 4 is 5.97 Å². The molecule has 20 heavy (non-hydrogen) atoms. The van der Waals surface area contributed by atoms with Gasteiger partial charge in [-0.05, 0) is 38.5 Å². The molecule has 0 amide bonds. The standard InChI is InChI=1S/C18H32O2/c1-2-3-4-5-6-7-8-9-10-11-12-13-14-15-16-17-18(19)20/h9-10,15-16H,2-8,11-14,17H2,1H3,(H,19,20)/b10-9-,16-15+. The van der Waals surface area contributed by atoms with E-state index in [1.165, 1.54) is 51.4 Å². The highest BCUT2D eigenvalue weighted by Gasteiger charge is 1.90. The molecular weight excluding hydrogens is 248 g/mol. The maximum atomic E-state index is 10.3. The fourth-order valence-electron chi connectivity index (χ4n) is 2.10. The normalized spacial score (nSPS) is 11.7. The summed E-state index contributed by atoms with van der Waals surface area (Å²) in [5.74, 6) is -0.751. The van der Waals surface area contributed by atoms with Crippen LogP contribution >= 0.6 is 0 Å². The Hall–Kier alpha value is -1.05. The van der Waals surface area contributed by atoms with Gasteiger partial charge in [-0.25, -0.2) is 0 Å². The van der Waals surface area contributed by atoms with Gasteiger partial charge >= 0.3 is 5.97 Å². The second-order valence-corrected chi connectivity index (χ2v) is 5.38. The number of carboxylic acid groups (broad SMARTS) is 1. The smallest absolute Gasteiger partial charge is 0.307 e. The van der Waals surface area contributed by atoms with Crippen molar-refractivity contribution in [1.82, 2.24) is 0 Å². The molecule has 0 saturated carbocycles. The Morgan fingerprint density at radius 3 is 1.75 bits per heavy atom. The quantitative estimate of drug-likeness (QED) is 0.318.